The maximum Gasteiger partial charge on any atom is 0.251 e. The van der Waals surface area contributed by atoms with Crippen LogP contribution in [0.3, 0.4) is 0 Å². The molecule has 0 aliphatic rings. The smallest absolute Gasteiger partial charge is 0.251 e. The van der Waals surface area contributed by atoms with Crippen LogP contribution in [-0.4, -0.2) is 34.0 Å². The van der Waals surface area contributed by atoms with Gasteiger partial charge >= 0.3 is 0 Å². The van der Waals surface area contributed by atoms with E-state index in [1.165, 1.54) is 19.2 Å². The summed E-state index contributed by atoms with van der Waals surface area (Å²) < 4.78 is 31.7. The monoisotopic (exact) mass is 314 g/mol. The molecular weight excluding hydrogens is 292 g/mol. The molecular formula is C14H22N2O4S. The van der Waals surface area contributed by atoms with Crippen molar-refractivity contribution < 1.29 is 17.9 Å². The van der Waals surface area contributed by atoms with Gasteiger partial charge < -0.3 is 10.1 Å². The standard InChI is InChI=1S/C14H22N2O4S/c1-5-10(3)16-14(17)11-7-8-12(20-4)13(9-11)21(18,19)15-6-2/h7-10,15H,5-6H2,1-4H3,(H,16,17)/t10-/m0/s1. The topological polar surface area (TPSA) is 84.5 Å². The summed E-state index contributed by atoms with van der Waals surface area (Å²) >= 11 is 0. The van der Waals surface area contributed by atoms with Crippen LogP contribution >= 0.6 is 0 Å². The number of benzene rings is 1. The quantitative estimate of drug-likeness (QED) is 0.799. The van der Waals surface area contributed by atoms with E-state index in [1.807, 2.05) is 13.8 Å². The highest BCUT2D eigenvalue weighted by Crippen LogP contribution is 2.24. The molecule has 7 heteroatoms. The molecule has 1 rings (SSSR count). The van der Waals surface area contributed by atoms with Gasteiger partial charge in [0, 0.05) is 18.2 Å². The highest BCUT2D eigenvalue weighted by atomic mass is 32.2. The van der Waals surface area contributed by atoms with E-state index >= 15 is 0 Å². The molecule has 1 amide bonds. The van der Waals surface area contributed by atoms with Crippen molar-refractivity contribution in [1.29, 1.82) is 0 Å². The number of rotatable bonds is 7. The van der Waals surface area contributed by atoms with E-state index in [9.17, 15) is 13.2 Å². The Balaban J connectivity index is 3.20. The average molecular weight is 314 g/mol. The zero-order valence-corrected chi connectivity index (χ0v) is 13.6. The predicted molar refractivity (Wildman–Crippen MR) is 81.1 cm³/mol. The number of hydrogen-bond donors (Lipinski definition) is 2. The minimum atomic E-state index is -3.70. The fourth-order valence-electron chi connectivity index (χ4n) is 1.70. The summed E-state index contributed by atoms with van der Waals surface area (Å²) in [5.74, 6) is -0.101. The first kappa shape index (κ1) is 17.5. The zero-order valence-electron chi connectivity index (χ0n) is 12.8. The Morgan fingerprint density at radius 1 is 1.33 bits per heavy atom. The number of methoxy groups -OCH3 is 1. The van der Waals surface area contributed by atoms with Crippen LogP contribution in [0.25, 0.3) is 0 Å². The summed E-state index contributed by atoms with van der Waals surface area (Å²) in [6.45, 7) is 5.79. The Kier molecular flexibility index (Phi) is 6.17. The third kappa shape index (κ3) is 4.44. The Morgan fingerprint density at radius 2 is 2.00 bits per heavy atom. The summed E-state index contributed by atoms with van der Waals surface area (Å²) in [6, 6.07) is 4.37. The van der Waals surface area contributed by atoms with Gasteiger partial charge in [0.1, 0.15) is 10.6 Å². The third-order valence-corrected chi connectivity index (χ3v) is 4.61. The third-order valence-electron chi connectivity index (χ3n) is 3.04. The molecule has 1 aromatic carbocycles. The van der Waals surface area contributed by atoms with E-state index in [1.54, 1.807) is 13.0 Å². The number of hydrogen-bond acceptors (Lipinski definition) is 4. The first-order valence-corrected chi connectivity index (χ1v) is 8.32. The molecule has 0 fully saturated rings. The van der Waals surface area contributed by atoms with Gasteiger partial charge in [-0.05, 0) is 31.5 Å². The first-order chi connectivity index (χ1) is 9.85. The minimum Gasteiger partial charge on any atom is -0.495 e. The lowest BCUT2D eigenvalue weighted by Gasteiger charge is -2.14. The molecule has 118 valence electrons. The summed E-state index contributed by atoms with van der Waals surface area (Å²) in [5, 5.41) is 2.80. The van der Waals surface area contributed by atoms with E-state index in [0.29, 0.717) is 0 Å². The van der Waals surface area contributed by atoms with Crippen molar-refractivity contribution in [2.24, 2.45) is 0 Å². The van der Waals surface area contributed by atoms with Crippen LogP contribution in [0.4, 0.5) is 0 Å². The normalized spacial score (nSPS) is 12.8. The van der Waals surface area contributed by atoms with Gasteiger partial charge in [-0.2, -0.15) is 0 Å². The summed E-state index contributed by atoms with van der Waals surface area (Å²) in [5.41, 5.74) is 0.285. The maximum atomic E-state index is 12.1. The molecule has 0 radical (unpaired) electrons. The van der Waals surface area contributed by atoms with E-state index in [-0.39, 0.29) is 34.7 Å². The van der Waals surface area contributed by atoms with Crippen molar-refractivity contribution in [3.05, 3.63) is 23.8 Å². The highest BCUT2D eigenvalue weighted by molar-refractivity contribution is 7.89. The summed E-state index contributed by atoms with van der Waals surface area (Å²) in [6.07, 6.45) is 0.796. The van der Waals surface area contributed by atoms with E-state index in [0.717, 1.165) is 6.42 Å². The number of sulfonamides is 1. The number of amides is 1. The SMILES string of the molecule is CCNS(=O)(=O)c1cc(C(=O)N[C@@H](C)CC)ccc1OC. The Labute approximate surface area is 125 Å². The molecule has 1 atom stereocenters. The Hall–Kier alpha value is -1.60. The van der Waals surface area contributed by atoms with E-state index in [2.05, 4.69) is 10.0 Å². The van der Waals surface area contributed by atoms with Gasteiger partial charge in [-0.25, -0.2) is 13.1 Å². The van der Waals surface area contributed by atoms with Crippen molar-refractivity contribution in [3.63, 3.8) is 0 Å². The lowest BCUT2D eigenvalue weighted by molar-refractivity contribution is 0.0939. The molecule has 0 saturated heterocycles. The Morgan fingerprint density at radius 3 is 2.52 bits per heavy atom. The predicted octanol–water partition coefficient (Wildman–Crippen LogP) is 1.52. The average Bonchev–Trinajstić information content (AvgIpc) is 2.46. The molecule has 0 unspecified atom stereocenters. The molecule has 0 bridgehead atoms. The molecule has 0 heterocycles. The number of ether oxygens (including phenoxy) is 1. The summed E-state index contributed by atoms with van der Waals surface area (Å²) in [4.78, 5) is 12.0. The second kappa shape index (κ2) is 7.42. The van der Waals surface area contributed by atoms with Crippen LogP contribution in [0.2, 0.25) is 0 Å². The summed E-state index contributed by atoms with van der Waals surface area (Å²) in [7, 11) is -2.31. The molecule has 0 spiro atoms. The van der Waals surface area contributed by atoms with Crippen LogP contribution in [0.1, 0.15) is 37.6 Å². The van der Waals surface area contributed by atoms with Gasteiger partial charge in [0.05, 0.1) is 7.11 Å². The highest BCUT2D eigenvalue weighted by Gasteiger charge is 2.21. The van der Waals surface area contributed by atoms with Gasteiger partial charge in [0.25, 0.3) is 5.91 Å². The number of nitrogens with one attached hydrogen (secondary N) is 2. The van der Waals surface area contributed by atoms with E-state index < -0.39 is 10.0 Å². The fraction of sp³-hybridized carbons (Fsp3) is 0.500. The van der Waals surface area contributed by atoms with Gasteiger partial charge in [-0.3, -0.25) is 4.79 Å². The van der Waals surface area contributed by atoms with Gasteiger partial charge in [0.15, 0.2) is 0 Å². The van der Waals surface area contributed by atoms with Crippen LogP contribution in [0, 0.1) is 0 Å². The molecule has 0 saturated carbocycles. The second-order valence-corrected chi connectivity index (χ2v) is 6.39. The molecule has 21 heavy (non-hydrogen) atoms. The molecule has 1 aromatic rings. The van der Waals surface area contributed by atoms with Crippen LogP contribution < -0.4 is 14.8 Å². The maximum absolute atomic E-state index is 12.1. The fourth-order valence-corrected chi connectivity index (χ4v) is 2.94. The lowest BCUT2D eigenvalue weighted by atomic mass is 10.2. The van der Waals surface area contributed by atoms with Gasteiger partial charge in [-0.1, -0.05) is 13.8 Å². The molecule has 0 aliphatic heterocycles. The van der Waals surface area contributed by atoms with Crippen molar-refractivity contribution in [3.8, 4) is 5.75 Å². The molecule has 0 aliphatic carbocycles. The first-order valence-electron chi connectivity index (χ1n) is 6.84. The van der Waals surface area contributed by atoms with Gasteiger partial charge in [0.2, 0.25) is 10.0 Å². The van der Waals surface area contributed by atoms with Crippen molar-refractivity contribution >= 4 is 15.9 Å². The van der Waals surface area contributed by atoms with Crippen LogP contribution in [0.5, 0.6) is 5.75 Å². The van der Waals surface area contributed by atoms with Crippen LogP contribution in [-0.2, 0) is 10.0 Å². The van der Waals surface area contributed by atoms with Gasteiger partial charge in [-0.15, -0.1) is 0 Å². The van der Waals surface area contributed by atoms with E-state index in [4.69, 9.17) is 4.74 Å². The Bertz CT molecular complexity index is 599. The lowest BCUT2D eigenvalue weighted by Crippen LogP contribution is -2.32. The minimum absolute atomic E-state index is 0.0217. The molecule has 6 nitrogen and oxygen atoms in total. The number of carbonyl (C=O) groups is 1. The largest absolute Gasteiger partial charge is 0.495 e. The van der Waals surface area contributed by atoms with Crippen LogP contribution in [0.15, 0.2) is 23.1 Å². The van der Waals surface area contributed by atoms with Crippen molar-refractivity contribution in [1.82, 2.24) is 10.0 Å². The second-order valence-electron chi connectivity index (χ2n) is 4.65. The van der Waals surface area contributed by atoms with Crippen molar-refractivity contribution in [2.45, 2.75) is 38.1 Å². The van der Waals surface area contributed by atoms with Crippen molar-refractivity contribution in [2.75, 3.05) is 13.7 Å². The number of carbonyl (C=O) groups excluding carboxylic acids is 1. The zero-order chi connectivity index (χ0) is 16.0. The molecule has 2 N–H and O–H groups in total. The molecule has 0 aromatic heterocycles.